The van der Waals surface area contributed by atoms with Gasteiger partial charge in [0.15, 0.2) is 0 Å². The third-order valence-electron chi connectivity index (χ3n) is 10.2. The molecule has 1 saturated heterocycles. The first-order valence-corrected chi connectivity index (χ1v) is 18.9. The number of benzene rings is 2. The van der Waals surface area contributed by atoms with Crippen LogP contribution in [0.15, 0.2) is 54.7 Å². The van der Waals surface area contributed by atoms with Crippen molar-refractivity contribution in [2.45, 2.75) is 64.6 Å². The van der Waals surface area contributed by atoms with E-state index in [1.807, 2.05) is 38.1 Å². The van der Waals surface area contributed by atoms with E-state index < -0.39 is 48.3 Å². The van der Waals surface area contributed by atoms with Gasteiger partial charge < -0.3 is 45.5 Å². The minimum atomic E-state index is -1.15. The summed E-state index contributed by atoms with van der Waals surface area (Å²) in [6.45, 7) is 6.12. The number of nitrogens with one attached hydrogen (secondary N) is 5. The van der Waals surface area contributed by atoms with Gasteiger partial charge in [-0.3, -0.25) is 28.8 Å². The number of likely N-dealkylation sites (tertiary alicyclic amines) is 1. The molecule has 0 spiro atoms. The highest BCUT2D eigenvalue weighted by Gasteiger charge is 2.34. The molecule has 3 aromatic rings. The molecule has 0 aliphatic carbocycles. The highest BCUT2D eigenvalue weighted by Crippen LogP contribution is 2.22. The molecule has 1 fully saturated rings. The lowest BCUT2D eigenvalue weighted by molar-refractivity contribution is -0.141. The average molecular weight is 760 g/mol. The zero-order valence-corrected chi connectivity index (χ0v) is 32.0. The number of ether oxygens (including phenoxy) is 2. The lowest BCUT2D eigenvalue weighted by Gasteiger charge is -2.32. The topological polar surface area (TPSA) is 191 Å². The third kappa shape index (κ3) is 11.1. The lowest BCUT2D eigenvalue weighted by Crippen LogP contribution is -2.58. The first-order chi connectivity index (χ1) is 26.4. The molecule has 296 valence electrons. The summed E-state index contributed by atoms with van der Waals surface area (Å²) in [5, 5.41) is 12.4. The number of piperidine rings is 1. The number of fused-ring (bicyclic) bond motifs is 18. The van der Waals surface area contributed by atoms with Crippen LogP contribution in [0, 0.1) is 11.8 Å². The first kappa shape index (κ1) is 40.7. The number of hydrogen-bond acceptors (Lipinski definition) is 8. The van der Waals surface area contributed by atoms with E-state index in [4.69, 9.17) is 9.47 Å². The Morgan fingerprint density at radius 1 is 0.982 bits per heavy atom. The van der Waals surface area contributed by atoms with Gasteiger partial charge in [-0.15, -0.1) is 0 Å². The Morgan fingerprint density at radius 2 is 1.71 bits per heavy atom. The molecule has 6 amide bonds. The van der Waals surface area contributed by atoms with Gasteiger partial charge in [0.25, 0.3) is 0 Å². The van der Waals surface area contributed by atoms with Crippen LogP contribution in [0.5, 0.6) is 5.75 Å². The molecule has 2 aromatic carbocycles. The summed E-state index contributed by atoms with van der Waals surface area (Å²) >= 11 is 0. The first-order valence-electron chi connectivity index (χ1n) is 18.9. The summed E-state index contributed by atoms with van der Waals surface area (Å²) in [4.78, 5) is 87.5. The van der Waals surface area contributed by atoms with Crippen LogP contribution in [-0.4, -0.2) is 121 Å². The average Bonchev–Trinajstić information content (AvgIpc) is 3.58. The number of methoxy groups -OCH3 is 1. The zero-order valence-electron chi connectivity index (χ0n) is 32.0. The van der Waals surface area contributed by atoms with E-state index in [-0.39, 0.29) is 62.8 Å². The molecule has 3 aliphatic heterocycles. The van der Waals surface area contributed by atoms with Crippen LogP contribution in [0.1, 0.15) is 44.7 Å². The summed E-state index contributed by atoms with van der Waals surface area (Å²) in [5.74, 6) is -2.52. The van der Waals surface area contributed by atoms with Gasteiger partial charge in [0.2, 0.25) is 35.4 Å². The van der Waals surface area contributed by atoms with E-state index in [0.717, 1.165) is 22.0 Å². The minimum Gasteiger partial charge on any atom is -0.492 e. The second kappa shape index (κ2) is 19.2. The highest BCUT2D eigenvalue weighted by molar-refractivity contribution is 5.95. The summed E-state index contributed by atoms with van der Waals surface area (Å²) in [6.07, 6.45) is 2.90. The van der Waals surface area contributed by atoms with Gasteiger partial charge in [0.1, 0.15) is 30.5 Å². The van der Waals surface area contributed by atoms with Gasteiger partial charge >= 0.3 is 0 Å². The number of hydrogen-bond donors (Lipinski definition) is 5. The number of para-hydroxylation sites is 1. The molecule has 15 nitrogen and oxygen atoms in total. The van der Waals surface area contributed by atoms with E-state index in [2.05, 4.69) is 26.3 Å². The van der Waals surface area contributed by atoms with E-state index in [0.29, 0.717) is 31.7 Å². The molecule has 3 aliphatic rings. The molecule has 3 atom stereocenters. The second-order valence-electron chi connectivity index (χ2n) is 14.5. The fourth-order valence-corrected chi connectivity index (χ4v) is 6.98. The Hall–Kier alpha value is -5.44. The van der Waals surface area contributed by atoms with Gasteiger partial charge in [-0.2, -0.15) is 0 Å². The van der Waals surface area contributed by atoms with Gasteiger partial charge in [-0.1, -0.05) is 44.2 Å². The number of aromatic amines is 1. The van der Waals surface area contributed by atoms with E-state index in [9.17, 15) is 28.8 Å². The second-order valence-corrected chi connectivity index (χ2v) is 14.5. The van der Waals surface area contributed by atoms with Crippen LogP contribution >= 0.6 is 0 Å². The molecule has 6 rings (SSSR count). The molecular formula is C40H53N7O8. The van der Waals surface area contributed by atoms with Crippen molar-refractivity contribution in [3.05, 3.63) is 65.9 Å². The maximum Gasteiger partial charge on any atom is 0.246 e. The third-order valence-corrected chi connectivity index (χ3v) is 10.2. The van der Waals surface area contributed by atoms with Crippen LogP contribution in [0.4, 0.5) is 0 Å². The molecule has 2 bridgehead atoms. The smallest absolute Gasteiger partial charge is 0.246 e. The normalized spacial score (nSPS) is 21.1. The van der Waals surface area contributed by atoms with Crippen molar-refractivity contribution in [3.8, 4) is 5.75 Å². The molecular weight excluding hydrogens is 706 g/mol. The van der Waals surface area contributed by atoms with E-state index in [1.165, 1.54) is 18.9 Å². The van der Waals surface area contributed by atoms with Crippen LogP contribution in [0.25, 0.3) is 10.9 Å². The number of rotatable bonds is 8. The number of amides is 6. The molecule has 15 heteroatoms. The standard InChI is InChI=1S/C40H53N7O8/c1-25(2)36-39(52)41-15-19-55-30-11-9-27(10-12-30)21-33(43-37(50)28-13-16-46(17-14-28)26(3)48)38(51)44-34(22-29-23-42-32-8-6-5-7-31(29)32)40(53)47(18-20-54-4)24-35(49)45-36/h5-12,23,25,28,33-34,36,42H,13-22,24H2,1-4H3,(H,41,52)(H,43,50)(H,44,51)(H,45,49)/t33-,34-,36-/m0/s1. The molecule has 4 heterocycles. The SMILES string of the molecule is COCCN1CC(=O)N[C@@H](C(C)C)C(=O)NCCOc2ccc(cc2)C[C@H](NC(=O)C2CCN(C(C)=O)CC2)C(=O)N[C@@H](Cc2c[nH]c3ccccc23)C1=O. The lowest BCUT2D eigenvalue weighted by atomic mass is 9.94. The Kier molecular flexibility index (Phi) is 14.3. The summed E-state index contributed by atoms with van der Waals surface area (Å²) < 4.78 is 11.1. The van der Waals surface area contributed by atoms with Crippen LogP contribution in [0.3, 0.4) is 0 Å². The predicted molar refractivity (Wildman–Crippen MR) is 205 cm³/mol. The molecule has 55 heavy (non-hydrogen) atoms. The van der Waals surface area contributed by atoms with Crippen LogP contribution < -0.4 is 26.0 Å². The Morgan fingerprint density at radius 3 is 2.40 bits per heavy atom. The summed E-state index contributed by atoms with van der Waals surface area (Å²) in [6, 6.07) is 11.6. The minimum absolute atomic E-state index is 0.0321. The quantitative estimate of drug-likeness (QED) is 0.213. The Balaban J connectivity index is 1.49. The van der Waals surface area contributed by atoms with Gasteiger partial charge in [0, 0.05) is 69.5 Å². The van der Waals surface area contributed by atoms with E-state index >= 15 is 0 Å². The van der Waals surface area contributed by atoms with Crippen molar-refractivity contribution in [2.75, 3.05) is 53.0 Å². The number of H-pyrrole nitrogens is 1. The van der Waals surface area contributed by atoms with E-state index in [1.54, 1.807) is 35.4 Å². The molecule has 0 saturated carbocycles. The maximum atomic E-state index is 14.6. The monoisotopic (exact) mass is 759 g/mol. The predicted octanol–water partition coefficient (Wildman–Crippen LogP) is 1.31. The number of carbonyl (C=O) groups is 6. The zero-order chi connectivity index (χ0) is 39.5. The van der Waals surface area contributed by atoms with Crippen LogP contribution in [0.2, 0.25) is 0 Å². The highest BCUT2D eigenvalue weighted by atomic mass is 16.5. The Bertz CT molecular complexity index is 1820. The van der Waals surface area contributed by atoms with Crippen molar-refractivity contribution in [1.29, 1.82) is 0 Å². The number of aromatic nitrogens is 1. The van der Waals surface area contributed by atoms with Gasteiger partial charge in [0.05, 0.1) is 19.7 Å². The number of nitrogens with zero attached hydrogens (tertiary/aromatic N) is 2. The fraction of sp³-hybridized carbons (Fsp3) is 0.500. The molecule has 0 radical (unpaired) electrons. The fourth-order valence-electron chi connectivity index (χ4n) is 6.98. The Labute approximate surface area is 321 Å². The van der Waals surface area contributed by atoms with Crippen molar-refractivity contribution < 1.29 is 38.2 Å². The van der Waals surface area contributed by atoms with Crippen LogP contribution in [-0.2, 0) is 46.3 Å². The largest absolute Gasteiger partial charge is 0.492 e. The van der Waals surface area contributed by atoms with Gasteiger partial charge in [-0.25, -0.2) is 0 Å². The molecule has 0 unspecified atom stereocenters. The summed E-state index contributed by atoms with van der Waals surface area (Å²) in [7, 11) is 1.48. The van der Waals surface area contributed by atoms with Crippen molar-refractivity contribution >= 4 is 46.3 Å². The molecule has 5 N–H and O–H groups in total. The van der Waals surface area contributed by atoms with Crippen molar-refractivity contribution in [1.82, 2.24) is 36.1 Å². The molecule has 1 aromatic heterocycles. The summed E-state index contributed by atoms with van der Waals surface area (Å²) in [5.41, 5.74) is 2.36. The van der Waals surface area contributed by atoms with Crippen molar-refractivity contribution in [3.63, 3.8) is 0 Å². The number of carbonyl (C=O) groups excluding carboxylic acids is 6. The maximum absolute atomic E-state index is 14.6. The van der Waals surface area contributed by atoms with Crippen molar-refractivity contribution in [2.24, 2.45) is 11.8 Å². The van der Waals surface area contributed by atoms with Gasteiger partial charge in [-0.05, 0) is 48.1 Å².